The smallest absolute Gasteiger partial charge is 0.136 e. The van der Waals surface area contributed by atoms with Crippen LogP contribution in [-0.2, 0) is 14.3 Å². The van der Waals surface area contributed by atoms with Gasteiger partial charge < -0.3 is 9.47 Å². The van der Waals surface area contributed by atoms with Gasteiger partial charge in [-0.1, -0.05) is 6.42 Å². The number of hydrogen-bond donors (Lipinski definition) is 0. The summed E-state index contributed by atoms with van der Waals surface area (Å²) in [6.07, 6.45) is 8.08. The van der Waals surface area contributed by atoms with Crippen LogP contribution in [0.25, 0.3) is 0 Å². The summed E-state index contributed by atoms with van der Waals surface area (Å²) in [6, 6.07) is 0. The summed E-state index contributed by atoms with van der Waals surface area (Å²) < 4.78 is 11.8. The fourth-order valence-electron chi connectivity index (χ4n) is 5.01. The molecule has 1 heterocycles. The number of methoxy groups -OCH3 is 1. The molecule has 4 aliphatic rings. The van der Waals surface area contributed by atoms with Gasteiger partial charge in [0, 0.05) is 19.4 Å². The largest absolute Gasteiger partial charge is 0.378 e. The summed E-state index contributed by atoms with van der Waals surface area (Å²) in [5, 5.41) is 0. The standard InChI is InChI=1S/C15H22O3/c1-17-13-11-4-2-3-10(11)12(16)7-9-5-6-15(8-9)14(13)18-15/h9-11,13-14H,2-8H2,1H3/t9-,10+,11-,13+,14+,15+/m1/s1. The van der Waals surface area contributed by atoms with Gasteiger partial charge in [0.05, 0.1) is 11.7 Å². The second-order valence-electron chi connectivity index (χ2n) is 6.78. The molecule has 0 aromatic rings. The van der Waals surface area contributed by atoms with Crippen LogP contribution in [0.15, 0.2) is 0 Å². The number of epoxide rings is 1. The topological polar surface area (TPSA) is 38.8 Å². The first kappa shape index (κ1) is 11.4. The van der Waals surface area contributed by atoms with Crippen LogP contribution in [0.2, 0.25) is 0 Å². The summed E-state index contributed by atoms with van der Waals surface area (Å²) in [5.74, 6) is 1.78. The van der Waals surface area contributed by atoms with Gasteiger partial charge in [-0.05, 0) is 43.9 Å². The molecule has 3 heteroatoms. The van der Waals surface area contributed by atoms with E-state index in [2.05, 4.69) is 0 Å². The second kappa shape index (κ2) is 3.80. The number of hydrogen-bond acceptors (Lipinski definition) is 3. The molecule has 1 aliphatic heterocycles. The highest BCUT2D eigenvalue weighted by molar-refractivity contribution is 5.82. The number of ketones is 1. The maximum absolute atomic E-state index is 12.5. The van der Waals surface area contributed by atoms with E-state index in [0.29, 0.717) is 17.6 Å². The second-order valence-corrected chi connectivity index (χ2v) is 6.78. The molecule has 4 rings (SSSR count). The van der Waals surface area contributed by atoms with E-state index in [9.17, 15) is 4.79 Å². The first-order chi connectivity index (χ1) is 8.73. The monoisotopic (exact) mass is 250 g/mol. The first-order valence-electron chi connectivity index (χ1n) is 7.47. The van der Waals surface area contributed by atoms with Crippen LogP contribution in [0.4, 0.5) is 0 Å². The Bertz CT molecular complexity index is 380. The molecule has 18 heavy (non-hydrogen) atoms. The van der Waals surface area contributed by atoms with Crippen molar-refractivity contribution in [1.82, 2.24) is 0 Å². The zero-order chi connectivity index (χ0) is 12.3. The van der Waals surface area contributed by atoms with Crippen molar-refractivity contribution < 1.29 is 14.3 Å². The zero-order valence-electron chi connectivity index (χ0n) is 11.1. The van der Waals surface area contributed by atoms with E-state index in [0.717, 1.165) is 32.1 Å². The van der Waals surface area contributed by atoms with E-state index in [1.54, 1.807) is 7.11 Å². The maximum atomic E-state index is 12.5. The van der Waals surface area contributed by atoms with Gasteiger partial charge in [0.1, 0.15) is 11.9 Å². The highest BCUT2D eigenvalue weighted by Crippen LogP contribution is 2.58. The van der Waals surface area contributed by atoms with E-state index in [1.807, 2.05) is 0 Å². The molecule has 100 valence electrons. The summed E-state index contributed by atoms with van der Waals surface area (Å²) in [7, 11) is 1.80. The third kappa shape index (κ3) is 1.47. The van der Waals surface area contributed by atoms with E-state index in [4.69, 9.17) is 9.47 Å². The molecule has 0 N–H and O–H groups in total. The van der Waals surface area contributed by atoms with E-state index in [1.165, 1.54) is 12.8 Å². The molecule has 0 aromatic carbocycles. The van der Waals surface area contributed by atoms with Crippen LogP contribution in [0.3, 0.4) is 0 Å². The Kier molecular flexibility index (Phi) is 2.41. The first-order valence-corrected chi connectivity index (χ1v) is 7.47. The van der Waals surface area contributed by atoms with Crippen LogP contribution >= 0.6 is 0 Å². The van der Waals surface area contributed by atoms with Crippen molar-refractivity contribution in [1.29, 1.82) is 0 Å². The van der Waals surface area contributed by atoms with Gasteiger partial charge in [-0.2, -0.15) is 0 Å². The van der Waals surface area contributed by atoms with Gasteiger partial charge >= 0.3 is 0 Å². The van der Waals surface area contributed by atoms with Crippen molar-refractivity contribution in [3.63, 3.8) is 0 Å². The van der Waals surface area contributed by atoms with Crippen molar-refractivity contribution in [3.8, 4) is 0 Å². The number of ether oxygens (including phenoxy) is 2. The predicted molar refractivity (Wildman–Crippen MR) is 66.2 cm³/mol. The van der Waals surface area contributed by atoms with E-state index >= 15 is 0 Å². The van der Waals surface area contributed by atoms with Crippen LogP contribution < -0.4 is 0 Å². The van der Waals surface area contributed by atoms with Gasteiger partial charge in [-0.15, -0.1) is 0 Å². The van der Waals surface area contributed by atoms with Gasteiger partial charge in [-0.3, -0.25) is 4.79 Å². The normalized spacial score (nSPS) is 54.3. The Morgan fingerprint density at radius 1 is 1.33 bits per heavy atom. The molecular formula is C15H22O3. The van der Waals surface area contributed by atoms with Crippen LogP contribution in [-0.4, -0.2) is 30.7 Å². The van der Waals surface area contributed by atoms with Crippen molar-refractivity contribution >= 4 is 5.78 Å². The minimum absolute atomic E-state index is 0.100. The Balaban J connectivity index is 1.68. The molecule has 2 bridgehead atoms. The quantitative estimate of drug-likeness (QED) is 0.670. The Morgan fingerprint density at radius 3 is 3.06 bits per heavy atom. The molecule has 0 unspecified atom stereocenters. The Labute approximate surface area is 108 Å². The van der Waals surface area contributed by atoms with Crippen LogP contribution in [0.1, 0.15) is 44.9 Å². The summed E-state index contributed by atoms with van der Waals surface area (Å²) in [4.78, 5) is 12.5. The molecular weight excluding hydrogens is 228 g/mol. The minimum atomic E-state index is 0.100. The lowest BCUT2D eigenvalue weighted by molar-refractivity contribution is -0.126. The van der Waals surface area contributed by atoms with Gasteiger partial charge in [-0.25, -0.2) is 0 Å². The van der Waals surface area contributed by atoms with E-state index < -0.39 is 0 Å². The molecule has 3 nitrogen and oxygen atoms in total. The zero-order valence-corrected chi connectivity index (χ0v) is 11.1. The minimum Gasteiger partial charge on any atom is -0.378 e. The van der Waals surface area contributed by atoms with Gasteiger partial charge in [0.25, 0.3) is 0 Å². The van der Waals surface area contributed by atoms with Crippen LogP contribution in [0.5, 0.6) is 0 Å². The molecule has 1 spiro atoms. The number of carbonyl (C=O) groups is 1. The lowest BCUT2D eigenvalue weighted by Crippen LogP contribution is -2.36. The SMILES string of the molecule is CO[C@H]1[C@@H]2CCC[C@@H]2C(=O)C[C@H]2CC[C@@]3(C2)O[C@@H]13. The summed E-state index contributed by atoms with van der Waals surface area (Å²) >= 11 is 0. The molecule has 4 fully saturated rings. The summed E-state index contributed by atoms with van der Waals surface area (Å²) in [6.45, 7) is 0. The lowest BCUT2D eigenvalue weighted by atomic mass is 9.82. The Morgan fingerprint density at radius 2 is 2.22 bits per heavy atom. The Hall–Kier alpha value is -0.410. The third-order valence-electron chi connectivity index (χ3n) is 5.90. The average molecular weight is 250 g/mol. The lowest BCUT2D eigenvalue weighted by Gasteiger charge is -2.26. The number of rotatable bonds is 1. The van der Waals surface area contributed by atoms with Crippen molar-refractivity contribution in [2.75, 3.05) is 7.11 Å². The number of fused-ring (bicyclic) bond motifs is 2. The predicted octanol–water partition coefficient (Wildman–Crippen LogP) is 2.33. The maximum Gasteiger partial charge on any atom is 0.136 e. The van der Waals surface area contributed by atoms with Crippen molar-refractivity contribution in [2.45, 2.75) is 62.8 Å². The molecule has 3 saturated carbocycles. The van der Waals surface area contributed by atoms with Crippen LogP contribution in [0, 0.1) is 17.8 Å². The number of carbonyl (C=O) groups excluding carboxylic acids is 1. The molecule has 0 radical (unpaired) electrons. The average Bonchev–Trinajstić information content (AvgIpc) is 2.75. The highest BCUT2D eigenvalue weighted by Gasteiger charge is 2.65. The summed E-state index contributed by atoms with van der Waals surface area (Å²) in [5.41, 5.74) is 0.100. The molecule has 0 amide bonds. The third-order valence-corrected chi connectivity index (χ3v) is 5.90. The molecule has 1 saturated heterocycles. The fraction of sp³-hybridized carbons (Fsp3) is 0.933. The number of Topliss-reactive ketones (excluding diaryl/α,β-unsaturated/α-hetero) is 1. The fourth-order valence-corrected chi connectivity index (χ4v) is 5.01. The van der Waals surface area contributed by atoms with Gasteiger partial charge in [0.15, 0.2) is 0 Å². The molecule has 6 atom stereocenters. The molecule has 0 aromatic heterocycles. The van der Waals surface area contributed by atoms with Crippen molar-refractivity contribution in [2.24, 2.45) is 17.8 Å². The van der Waals surface area contributed by atoms with Gasteiger partial charge in [0.2, 0.25) is 0 Å². The van der Waals surface area contributed by atoms with E-state index in [-0.39, 0.29) is 23.7 Å². The molecule has 3 aliphatic carbocycles. The van der Waals surface area contributed by atoms with Crippen molar-refractivity contribution in [3.05, 3.63) is 0 Å². The highest BCUT2D eigenvalue weighted by atomic mass is 16.6.